The van der Waals surface area contributed by atoms with E-state index in [1.807, 2.05) is 0 Å². The van der Waals surface area contributed by atoms with Gasteiger partial charge in [0.15, 0.2) is 11.5 Å². The molecule has 0 fully saturated rings. The summed E-state index contributed by atoms with van der Waals surface area (Å²) in [7, 11) is 1.13. The van der Waals surface area contributed by atoms with E-state index < -0.39 is 29.5 Å². The third-order valence-corrected chi connectivity index (χ3v) is 2.35. The molecule has 1 aromatic carbocycles. The molecular formula is C10H11ClF5NO2. The van der Waals surface area contributed by atoms with Crippen molar-refractivity contribution in [2.75, 3.05) is 7.11 Å². The van der Waals surface area contributed by atoms with E-state index in [0.29, 0.717) is 0 Å². The third kappa shape index (κ3) is 3.19. The van der Waals surface area contributed by atoms with Crippen molar-refractivity contribution in [1.29, 1.82) is 0 Å². The molecule has 1 atom stereocenters. The summed E-state index contributed by atoms with van der Waals surface area (Å²) in [5.74, 6) is -6.23. The minimum absolute atomic E-state index is 0. The van der Waals surface area contributed by atoms with E-state index in [1.165, 1.54) is 6.07 Å². The molecule has 0 saturated heterocycles. The van der Waals surface area contributed by atoms with E-state index in [4.69, 9.17) is 5.73 Å². The molecule has 0 heterocycles. The van der Waals surface area contributed by atoms with Gasteiger partial charge in [-0.3, -0.25) is 0 Å². The number of halogens is 6. The van der Waals surface area contributed by atoms with Crippen LogP contribution >= 0.6 is 12.4 Å². The van der Waals surface area contributed by atoms with Crippen molar-refractivity contribution >= 4 is 12.4 Å². The lowest BCUT2D eigenvalue weighted by Crippen LogP contribution is -2.45. The Morgan fingerprint density at radius 2 is 1.74 bits per heavy atom. The first-order chi connectivity index (χ1) is 8.13. The van der Waals surface area contributed by atoms with E-state index in [9.17, 15) is 27.1 Å². The van der Waals surface area contributed by atoms with Crippen LogP contribution in [0.3, 0.4) is 0 Å². The van der Waals surface area contributed by atoms with Crippen molar-refractivity contribution in [3.8, 4) is 11.5 Å². The summed E-state index contributed by atoms with van der Waals surface area (Å²) in [4.78, 5) is 0. The monoisotopic (exact) mass is 307 g/mol. The summed E-state index contributed by atoms with van der Waals surface area (Å²) in [6.07, 6.45) is -5.80. The Labute approximate surface area is 111 Å². The lowest BCUT2D eigenvalue weighted by Gasteiger charge is -2.26. The second-order valence-electron chi connectivity index (χ2n) is 3.50. The predicted octanol–water partition coefficient (Wildman–Crippen LogP) is 3.02. The Balaban J connectivity index is 0.00000324. The molecule has 3 nitrogen and oxygen atoms in total. The van der Waals surface area contributed by atoms with E-state index in [2.05, 4.69) is 4.74 Å². The number of alkyl halides is 5. The molecule has 0 aliphatic rings. The topological polar surface area (TPSA) is 55.5 Å². The predicted molar refractivity (Wildman–Crippen MR) is 59.8 cm³/mol. The van der Waals surface area contributed by atoms with E-state index in [1.54, 1.807) is 0 Å². The molecule has 0 saturated carbocycles. The highest BCUT2D eigenvalue weighted by molar-refractivity contribution is 5.85. The standard InChI is InChI=1S/C10H10F5NO2.ClH/c1-18-6-4-2-3-5(7(6)17)8(16)9(11,12)10(13,14)15;/h2-4,8,17H,16H2,1H3;1H/t8-;/m0./s1. The van der Waals surface area contributed by atoms with Gasteiger partial charge in [-0.05, 0) is 6.07 Å². The third-order valence-electron chi connectivity index (χ3n) is 2.35. The number of nitrogens with two attached hydrogens (primary N) is 1. The summed E-state index contributed by atoms with van der Waals surface area (Å²) in [6.45, 7) is 0. The number of hydrogen-bond donors (Lipinski definition) is 2. The number of phenolic OH excluding ortho intramolecular Hbond substituents is 1. The number of para-hydroxylation sites is 1. The van der Waals surface area contributed by atoms with Gasteiger partial charge in [-0.2, -0.15) is 22.0 Å². The Morgan fingerprint density at radius 3 is 2.16 bits per heavy atom. The van der Waals surface area contributed by atoms with Crippen molar-refractivity contribution in [2.24, 2.45) is 5.73 Å². The summed E-state index contributed by atoms with van der Waals surface area (Å²) < 4.78 is 67.1. The number of rotatable bonds is 3. The van der Waals surface area contributed by atoms with Crippen molar-refractivity contribution in [3.05, 3.63) is 23.8 Å². The Morgan fingerprint density at radius 1 is 1.21 bits per heavy atom. The zero-order valence-electron chi connectivity index (χ0n) is 9.54. The van der Waals surface area contributed by atoms with Gasteiger partial charge in [0.25, 0.3) is 0 Å². The van der Waals surface area contributed by atoms with Crippen molar-refractivity contribution < 1.29 is 31.8 Å². The van der Waals surface area contributed by atoms with Crippen LogP contribution in [0.5, 0.6) is 11.5 Å². The van der Waals surface area contributed by atoms with Gasteiger partial charge in [-0.15, -0.1) is 12.4 Å². The maximum atomic E-state index is 13.0. The normalized spacial score (nSPS) is 13.6. The number of hydrogen-bond acceptors (Lipinski definition) is 3. The number of phenols is 1. The Kier molecular flexibility index (Phi) is 5.40. The number of aromatic hydroxyl groups is 1. The molecule has 1 rings (SSSR count). The van der Waals surface area contributed by atoms with E-state index >= 15 is 0 Å². The van der Waals surface area contributed by atoms with Gasteiger partial charge < -0.3 is 15.6 Å². The SMILES string of the molecule is COc1cccc([C@H](N)C(F)(F)C(F)(F)F)c1O.Cl. The highest BCUT2D eigenvalue weighted by Crippen LogP contribution is 2.46. The highest BCUT2D eigenvalue weighted by atomic mass is 35.5. The van der Waals surface area contributed by atoms with Gasteiger partial charge in [0.05, 0.1) is 7.11 Å². The number of benzene rings is 1. The lowest BCUT2D eigenvalue weighted by molar-refractivity contribution is -0.291. The summed E-state index contributed by atoms with van der Waals surface area (Å²) in [6, 6.07) is 0.521. The summed E-state index contributed by atoms with van der Waals surface area (Å²) in [5, 5.41) is 9.48. The van der Waals surface area contributed by atoms with E-state index in [-0.39, 0.29) is 18.2 Å². The van der Waals surface area contributed by atoms with Gasteiger partial charge in [0.1, 0.15) is 6.04 Å². The first-order valence-electron chi connectivity index (χ1n) is 4.69. The van der Waals surface area contributed by atoms with Gasteiger partial charge in [-0.1, -0.05) is 12.1 Å². The highest BCUT2D eigenvalue weighted by Gasteiger charge is 2.62. The minimum Gasteiger partial charge on any atom is -0.504 e. The molecule has 0 radical (unpaired) electrons. The molecule has 3 N–H and O–H groups in total. The van der Waals surface area contributed by atoms with Gasteiger partial charge in [-0.25, -0.2) is 0 Å². The summed E-state index contributed by atoms with van der Waals surface area (Å²) in [5.41, 5.74) is 4.16. The average Bonchev–Trinajstić information content (AvgIpc) is 2.27. The second-order valence-corrected chi connectivity index (χ2v) is 3.50. The molecule has 19 heavy (non-hydrogen) atoms. The Hall–Kier alpha value is -1.28. The van der Waals surface area contributed by atoms with Crippen LogP contribution in [0, 0.1) is 0 Å². The maximum Gasteiger partial charge on any atom is 0.455 e. The minimum atomic E-state index is -5.80. The van der Waals surface area contributed by atoms with Crippen molar-refractivity contribution in [1.82, 2.24) is 0 Å². The van der Waals surface area contributed by atoms with Crippen LogP contribution in [0.15, 0.2) is 18.2 Å². The van der Waals surface area contributed by atoms with E-state index in [0.717, 1.165) is 19.2 Å². The molecule has 0 aromatic heterocycles. The summed E-state index contributed by atoms with van der Waals surface area (Å²) >= 11 is 0. The largest absolute Gasteiger partial charge is 0.504 e. The molecule has 0 bridgehead atoms. The molecule has 0 aliphatic heterocycles. The first-order valence-corrected chi connectivity index (χ1v) is 4.69. The molecule has 0 spiro atoms. The van der Waals surface area contributed by atoms with Crippen LogP contribution in [0.2, 0.25) is 0 Å². The average molecular weight is 308 g/mol. The van der Waals surface area contributed by atoms with Crippen LogP contribution < -0.4 is 10.5 Å². The fourth-order valence-corrected chi connectivity index (χ4v) is 1.33. The molecular weight excluding hydrogens is 297 g/mol. The van der Waals surface area contributed by atoms with Gasteiger partial charge in [0.2, 0.25) is 0 Å². The zero-order valence-corrected chi connectivity index (χ0v) is 10.4. The Bertz CT molecular complexity index is 438. The quantitative estimate of drug-likeness (QED) is 0.844. The number of methoxy groups -OCH3 is 1. The number of ether oxygens (including phenoxy) is 1. The van der Waals surface area contributed by atoms with Gasteiger partial charge in [0, 0.05) is 5.56 Å². The lowest BCUT2D eigenvalue weighted by atomic mass is 9.99. The van der Waals surface area contributed by atoms with Crippen LogP contribution in [0.4, 0.5) is 22.0 Å². The zero-order chi connectivity index (χ0) is 14.1. The fraction of sp³-hybridized carbons (Fsp3) is 0.400. The molecule has 9 heteroatoms. The van der Waals surface area contributed by atoms with Crippen molar-refractivity contribution in [2.45, 2.75) is 18.1 Å². The maximum absolute atomic E-state index is 13.0. The van der Waals surface area contributed by atoms with Crippen LogP contribution in [0.1, 0.15) is 11.6 Å². The van der Waals surface area contributed by atoms with Crippen LogP contribution in [-0.2, 0) is 0 Å². The fourth-order valence-electron chi connectivity index (χ4n) is 1.33. The first kappa shape index (κ1) is 17.7. The molecule has 0 amide bonds. The van der Waals surface area contributed by atoms with Crippen LogP contribution in [0.25, 0.3) is 0 Å². The molecule has 1 aromatic rings. The molecule has 0 unspecified atom stereocenters. The molecule has 110 valence electrons. The van der Waals surface area contributed by atoms with Crippen molar-refractivity contribution in [3.63, 3.8) is 0 Å². The second kappa shape index (κ2) is 5.79. The van der Waals surface area contributed by atoms with Gasteiger partial charge >= 0.3 is 12.1 Å². The smallest absolute Gasteiger partial charge is 0.455 e. The molecule has 0 aliphatic carbocycles. The van der Waals surface area contributed by atoms with Crippen LogP contribution in [-0.4, -0.2) is 24.3 Å².